The molecule has 0 aliphatic carbocycles. The van der Waals surface area contributed by atoms with Gasteiger partial charge in [0.25, 0.3) is 0 Å². The monoisotopic (exact) mass is 914 g/mol. The third-order valence-corrected chi connectivity index (χ3v) is 13.1. The van der Waals surface area contributed by atoms with Gasteiger partial charge in [0, 0.05) is 12.8 Å². The van der Waals surface area contributed by atoms with Gasteiger partial charge in [0.2, 0.25) is 5.91 Å². The molecular weight excluding hydrogens is 803 g/mol. The molecule has 0 aliphatic rings. The van der Waals surface area contributed by atoms with Gasteiger partial charge in [0.15, 0.2) is 0 Å². The third kappa shape index (κ3) is 51.3. The number of allylic oxidation sites excluding steroid dienone is 5. The topological polar surface area (TPSA) is 95.9 Å². The quantitative estimate of drug-likeness (QED) is 0.0321. The molecule has 0 saturated carbocycles. The molecule has 0 fully saturated rings. The lowest BCUT2D eigenvalue weighted by molar-refractivity contribution is -0.143. The molecular formula is C59H111NO5. The van der Waals surface area contributed by atoms with E-state index in [1.54, 1.807) is 6.08 Å². The van der Waals surface area contributed by atoms with E-state index in [1.165, 1.54) is 231 Å². The maximum absolute atomic E-state index is 12.4. The largest absolute Gasteiger partial charge is 0.466 e. The van der Waals surface area contributed by atoms with Crippen LogP contribution in [0.4, 0.5) is 0 Å². The molecule has 0 saturated heterocycles. The smallest absolute Gasteiger partial charge is 0.305 e. The summed E-state index contributed by atoms with van der Waals surface area (Å²) in [6.45, 7) is 4.85. The Labute approximate surface area is 404 Å². The number of rotatable bonds is 53. The number of hydrogen-bond acceptors (Lipinski definition) is 5. The fourth-order valence-electron chi connectivity index (χ4n) is 8.67. The van der Waals surface area contributed by atoms with Crippen LogP contribution >= 0.6 is 0 Å². The van der Waals surface area contributed by atoms with Crippen molar-refractivity contribution in [2.45, 2.75) is 315 Å². The molecule has 1 amide bonds. The zero-order chi connectivity index (χ0) is 47.2. The number of hydrogen-bond donors (Lipinski definition) is 3. The summed E-state index contributed by atoms with van der Waals surface area (Å²) in [5, 5.41) is 23.0. The summed E-state index contributed by atoms with van der Waals surface area (Å²) in [5.41, 5.74) is 0. The van der Waals surface area contributed by atoms with Crippen molar-refractivity contribution < 1.29 is 24.5 Å². The molecule has 6 nitrogen and oxygen atoms in total. The number of carbonyl (C=O) groups is 2. The Kier molecular flexibility index (Phi) is 53.1. The van der Waals surface area contributed by atoms with Gasteiger partial charge in [-0.2, -0.15) is 0 Å². The second-order valence-corrected chi connectivity index (χ2v) is 19.6. The van der Waals surface area contributed by atoms with E-state index in [0.29, 0.717) is 19.4 Å². The van der Waals surface area contributed by atoms with Crippen molar-refractivity contribution in [1.82, 2.24) is 5.32 Å². The van der Waals surface area contributed by atoms with E-state index < -0.39 is 12.1 Å². The van der Waals surface area contributed by atoms with E-state index in [-0.39, 0.29) is 18.5 Å². The molecule has 0 aromatic heterocycles. The average molecular weight is 915 g/mol. The summed E-state index contributed by atoms with van der Waals surface area (Å²) in [6, 6.07) is -0.628. The van der Waals surface area contributed by atoms with Crippen LogP contribution in [-0.2, 0) is 14.3 Å². The molecule has 0 rings (SSSR count). The number of esters is 1. The standard InChI is InChI=1S/C59H111NO5/c1-3-5-7-9-11-13-31-35-39-43-47-51-57(62)56(55-61)60-58(63)52-48-44-40-36-33-29-27-25-23-21-19-17-15-16-18-20-22-24-26-28-30-34-38-42-46-50-54-65-59(64)53-49-45-41-37-32-14-12-10-8-6-4-2/h10,12,15,17,47,51,56-57,61-62H,3-9,11,13-14,16,18-46,48-50,52-55H2,1-2H3,(H,60,63)/b12-10-,17-15-,51-47+. The first-order valence-corrected chi connectivity index (χ1v) is 28.8. The SMILES string of the molecule is CCCC/C=C\CCCCCCCC(=O)OCCCCCCCCCCCCCC/C=C\CCCCCCCCCCCCC(=O)NC(CO)C(O)/C=C/CCCCCCCCCCC. The zero-order valence-electron chi connectivity index (χ0n) is 43.5. The maximum Gasteiger partial charge on any atom is 0.305 e. The fourth-order valence-corrected chi connectivity index (χ4v) is 8.67. The van der Waals surface area contributed by atoms with Crippen LogP contribution in [0.3, 0.4) is 0 Å². The van der Waals surface area contributed by atoms with Gasteiger partial charge in [-0.1, -0.05) is 249 Å². The zero-order valence-corrected chi connectivity index (χ0v) is 43.5. The van der Waals surface area contributed by atoms with Crippen molar-refractivity contribution in [2.24, 2.45) is 0 Å². The van der Waals surface area contributed by atoms with Gasteiger partial charge in [0.05, 0.1) is 25.4 Å². The summed E-state index contributed by atoms with van der Waals surface area (Å²) in [7, 11) is 0. The Morgan fingerprint density at radius 3 is 1.14 bits per heavy atom. The first-order valence-electron chi connectivity index (χ1n) is 28.8. The van der Waals surface area contributed by atoms with Crippen molar-refractivity contribution in [3.63, 3.8) is 0 Å². The lowest BCUT2D eigenvalue weighted by atomic mass is 10.0. The molecule has 0 aromatic carbocycles. The van der Waals surface area contributed by atoms with Crippen LogP contribution in [0.25, 0.3) is 0 Å². The number of aliphatic hydroxyl groups is 2. The first kappa shape index (κ1) is 63.1. The number of amides is 1. The molecule has 0 heterocycles. The molecule has 0 aromatic rings. The number of unbranched alkanes of at least 4 members (excludes halogenated alkanes) is 38. The highest BCUT2D eigenvalue weighted by Gasteiger charge is 2.18. The maximum atomic E-state index is 12.4. The molecule has 0 radical (unpaired) electrons. The van der Waals surface area contributed by atoms with Crippen LogP contribution in [0.1, 0.15) is 303 Å². The Balaban J connectivity index is 3.40. The Morgan fingerprint density at radius 1 is 0.415 bits per heavy atom. The van der Waals surface area contributed by atoms with Crippen molar-refractivity contribution in [3.8, 4) is 0 Å². The predicted molar refractivity (Wildman–Crippen MR) is 283 cm³/mol. The van der Waals surface area contributed by atoms with Crippen molar-refractivity contribution in [1.29, 1.82) is 0 Å². The fraction of sp³-hybridized carbons (Fsp3) is 0.864. The molecule has 3 N–H and O–H groups in total. The van der Waals surface area contributed by atoms with Crippen LogP contribution in [0.15, 0.2) is 36.5 Å². The van der Waals surface area contributed by atoms with E-state index in [0.717, 1.165) is 44.9 Å². The van der Waals surface area contributed by atoms with Crippen LogP contribution in [0.5, 0.6) is 0 Å². The number of carbonyl (C=O) groups excluding carboxylic acids is 2. The molecule has 2 unspecified atom stereocenters. The van der Waals surface area contributed by atoms with Gasteiger partial charge >= 0.3 is 5.97 Å². The van der Waals surface area contributed by atoms with Gasteiger partial charge in [-0.25, -0.2) is 0 Å². The Hall–Kier alpha value is -1.92. The molecule has 382 valence electrons. The minimum atomic E-state index is -0.844. The van der Waals surface area contributed by atoms with Gasteiger partial charge in [-0.05, 0) is 77.0 Å². The van der Waals surface area contributed by atoms with E-state index in [4.69, 9.17) is 4.74 Å². The van der Waals surface area contributed by atoms with Gasteiger partial charge in [-0.15, -0.1) is 0 Å². The summed E-state index contributed by atoms with van der Waals surface area (Å²) >= 11 is 0. The molecule has 6 heteroatoms. The summed E-state index contributed by atoms with van der Waals surface area (Å²) in [4.78, 5) is 24.4. The summed E-state index contributed by atoms with van der Waals surface area (Å²) < 4.78 is 5.45. The van der Waals surface area contributed by atoms with E-state index >= 15 is 0 Å². The number of aliphatic hydroxyl groups excluding tert-OH is 2. The summed E-state index contributed by atoms with van der Waals surface area (Å²) in [5.74, 6) is -0.0689. The number of nitrogens with one attached hydrogen (secondary N) is 1. The molecule has 0 bridgehead atoms. The van der Waals surface area contributed by atoms with Crippen molar-refractivity contribution in [2.75, 3.05) is 13.2 Å². The Bertz CT molecular complexity index is 1060. The van der Waals surface area contributed by atoms with E-state index in [1.807, 2.05) is 6.08 Å². The molecule has 65 heavy (non-hydrogen) atoms. The number of ether oxygens (including phenoxy) is 1. The van der Waals surface area contributed by atoms with E-state index in [2.05, 4.69) is 43.5 Å². The minimum Gasteiger partial charge on any atom is -0.466 e. The average Bonchev–Trinajstić information content (AvgIpc) is 3.31. The first-order chi connectivity index (χ1) is 32.0. The molecule has 2 atom stereocenters. The van der Waals surface area contributed by atoms with Gasteiger partial charge in [0.1, 0.15) is 0 Å². The predicted octanol–water partition coefficient (Wildman–Crippen LogP) is 17.6. The lowest BCUT2D eigenvalue weighted by Crippen LogP contribution is -2.45. The van der Waals surface area contributed by atoms with Crippen LogP contribution in [0, 0.1) is 0 Å². The van der Waals surface area contributed by atoms with Crippen LogP contribution < -0.4 is 5.32 Å². The highest BCUT2D eigenvalue weighted by molar-refractivity contribution is 5.76. The second-order valence-electron chi connectivity index (χ2n) is 19.6. The Morgan fingerprint density at radius 2 is 0.738 bits per heavy atom. The van der Waals surface area contributed by atoms with E-state index in [9.17, 15) is 19.8 Å². The highest BCUT2D eigenvalue weighted by Crippen LogP contribution is 2.16. The molecule has 0 spiro atoms. The summed E-state index contributed by atoms with van der Waals surface area (Å²) in [6.07, 6.45) is 67.5. The van der Waals surface area contributed by atoms with Gasteiger partial charge < -0.3 is 20.3 Å². The van der Waals surface area contributed by atoms with Crippen LogP contribution in [-0.4, -0.2) is 47.4 Å². The van der Waals surface area contributed by atoms with Crippen molar-refractivity contribution >= 4 is 11.9 Å². The highest BCUT2D eigenvalue weighted by atomic mass is 16.5. The van der Waals surface area contributed by atoms with Crippen molar-refractivity contribution in [3.05, 3.63) is 36.5 Å². The molecule has 0 aliphatic heterocycles. The minimum absolute atomic E-state index is 0.00230. The lowest BCUT2D eigenvalue weighted by Gasteiger charge is -2.20. The third-order valence-electron chi connectivity index (χ3n) is 13.1. The van der Waals surface area contributed by atoms with Crippen LogP contribution in [0.2, 0.25) is 0 Å². The van der Waals surface area contributed by atoms with Gasteiger partial charge in [-0.3, -0.25) is 9.59 Å². The second kappa shape index (κ2) is 54.7. The normalized spacial score (nSPS) is 12.9.